The number of anilines is 1. The standard InChI is InChI=1S/C21H16F2N4O/c1-24-20-16-11-13(15-6-2-3-7-18(15)28-21(22)23)8-9-17(16)26-19(27-20)14-5-4-10-25-12-14/h2-12,21H,1H3,(H,24,26,27). The van der Waals surface area contributed by atoms with Gasteiger partial charge >= 0.3 is 6.61 Å². The summed E-state index contributed by atoms with van der Waals surface area (Å²) in [6, 6.07) is 15.9. The molecule has 28 heavy (non-hydrogen) atoms. The molecule has 0 amide bonds. The normalized spacial score (nSPS) is 11.0. The van der Waals surface area contributed by atoms with Crippen molar-refractivity contribution in [1.82, 2.24) is 15.0 Å². The number of fused-ring (bicyclic) bond motifs is 1. The molecular weight excluding hydrogens is 362 g/mol. The molecule has 4 rings (SSSR count). The Bertz CT molecular complexity index is 1120. The Balaban J connectivity index is 1.84. The van der Waals surface area contributed by atoms with Crippen molar-refractivity contribution >= 4 is 16.7 Å². The van der Waals surface area contributed by atoms with Crippen LogP contribution in [0.4, 0.5) is 14.6 Å². The van der Waals surface area contributed by atoms with Crippen LogP contribution in [0.3, 0.4) is 0 Å². The third-order valence-electron chi connectivity index (χ3n) is 4.27. The highest BCUT2D eigenvalue weighted by molar-refractivity contribution is 5.94. The van der Waals surface area contributed by atoms with Crippen LogP contribution in [0.25, 0.3) is 33.4 Å². The molecule has 4 aromatic rings. The van der Waals surface area contributed by atoms with Crippen molar-refractivity contribution in [3.8, 4) is 28.3 Å². The minimum Gasteiger partial charge on any atom is -0.434 e. The van der Waals surface area contributed by atoms with Crippen LogP contribution in [0, 0.1) is 0 Å². The molecule has 0 aliphatic carbocycles. The number of aromatic nitrogens is 3. The zero-order chi connectivity index (χ0) is 19.5. The van der Waals surface area contributed by atoms with Crippen LogP contribution in [0.1, 0.15) is 0 Å². The van der Waals surface area contributed by atoms with Gasteiger partial charge in [-0.3, -0.25) is 4.98 Å². The molecule has 1 N–H and O–H groups in total. The maximum Gasteiger partial charge on any atom is 0.387 e. The zero-order valence-corrected chi connectivity index (χ0v) is 14.9. The third-order valence-corrected chi connectivity index (χ3v) is 4.27. The Labute approximate surface area is 160 Å². The first-order valence-electron chi connectivity index (χ1n) is 8.60. The van der Waals surface area contributed by atoms with Crippen LogP contribution >= 0.6 is 0 Å². The second-order valence-electron chi connectivity index (χ2n) is 5.99. The minimum atomic E-state index is -2.89. The predicted octanol–water partition coefficient (Wildman–Crippen LogP) is 5.00. The number of rotatable bonds is 5. The lowest BCUT2D eigenvalue weighted by Crippen LogP contribution is -2.03. The van der Waals surface area contributed by atoms with E-state index in [2.05, 4.69) is 25.0 Å². The third kappa shape index (κ3) is 3.46. The number of hydrogen-bond donors (Lipinski definition) is 1. The average molecular weight is 378 g/mol. The van der Waals surface area contributed by atoms with E-state index < -0.39 is 6.61 Å². The van der Waals surface area contributed by atoms with Crippen molar-refractivity contribution in [3.05, 3.63) is 67.0 Å². The lowest BCUT2D eigenvalue weighted by molar-refractivity contribution is -0.0494. The first kappa shape index (κ1) is 17.8. The molecule has 0 unspecified atom stereocenters. The summed E-state index contributed by atoms with van der Waals surface area (Å²) in [6.07, 6.45) is 3.39. The van der Waals surface area contributed by atoms with E-state index in [9.17, 15) is 8.78 Å². The Morgan fingerprint density at radius 1 is 0.964 bits per heavy atom. The molecule has 0 saturated heterocycles. The molecule has 2 heterocycles. The van der Waals surface area contributed by atoms with E-state index in [4.69, 9.17) is 0 Å². The van der Waals surface area contributed by atoms with Gasteiger partial charge in [0.25, 0.3) is 0 Å². The number of nitrogens with one attached hydrogen (secondary N) is 1. The van der Waals surface area contributed by atoms with E-state index in [0.717, 1.165) is 22.0 Å². The molecule has 0 aliphatic heterocycles. The summed E-state index contributed by atoms with van der Waals surface area (Å²) in [7, 11) is 1.77. The van der Waals surface area contributed by atoms with Crippen molar-refractivity contribution in [2.24, 2.45) is 0 Å². The molecule has 0 fully saturated rings. The number of alkyl halides is 2. The fraction of sp³-hybridized carbons (Fsp3) is 0.0952. The van der Waals surface area contributed by atoms with Gasteiger partial charge in [0.05, 0.1) is 5.52 Å². The summed E-state index contributed by atoms with van der Waals surface area (Å²) in [6.45, 7) is -2.89. The second-order valence-corrected chi connectivity index (χ2v) is 5.99. The number of nitrogens with zero attached hydrogens (tertiary/aromatic N) is 3. The van der Waals surface area contributed by atoms with Gasteiger partial charge in [0, 0.05) is 36.0 Å². The molecule has 140 valence electrons. The van der Waals surface area contributed by atoms with Gasteiger partial charge in [-0.1, -0.05) is 24.3 Å². The second kappa shape index (κ2) is 7.56. The van der Waals surface area contributed by atoms with Crippen molar-refractivity contribution < 1.29 is 13.5 Å². The van der Waals surface area contributed by atoms with Gasteiger partial charge in [-0.2, -0.15) is 8.78 Å². The zero-order valence-electron chi connectivity index (χ0n) is 14.9. The Morgan fingerprint density at radius 2 is 1.82 bits per heavy atom. The molecule has 0 radical (unpaired) electrons. The predicted molar refractivity (Wildman–Crippen MR) is 104 cm³/mol. The summed E-state index contributed by atoms with van der Waals surface area (Å²) in [5.74, 6) is 1.31. The molecule has 5 nitrogen and oxygen atoms in total. The van der Waals surface area contributed by atoms with Crippen molar-refractivity contribution in [2.45, 2.75) is 6.61 Å². The van der Waals surface area contributed by atoms with E-state index in [1.54, 1.807) is 37.6 Å². The molecule has 7 heteroatoms. The maximum atomic E-state index is 12.7. The van der Waals surface area contributed by atoms with Crippen LogP contribution in [-0.2, 0) is 0 Å². The fourth-order valence-electron chi connectivity index (χ4n) is 3.01. The number of halogens is 2. The lowest BCUT2D eigenvalue weighted by Gasteiger charge is -2.13. The van der Waals surface area contributed by atoms with E-state index in [-0.39, 0.29) is 5.75 Å². The molecule has 2 aromatic carbocycles. The van der Waals surface area contributed by atoms with Gasteiger partial charge in [0.1, 0.15) is 11.6 Å². The first-order chi connectivity index (χ1) is 13.7. The summed E-state index contributed by atoms with van der Waals surface area (Å²) in [5.41, 5.74) is 2.84. The summed E-state index contributed by atoms with van der Waals surface area (Å²) in [5, 5.41) is 3.86. The smallest absolute Gasteiger partial charge is 0.387 e. The first-order valence-corrected chi connectivity index (χ1v) is 8.60. The SMILES string of the molecule is CNc1nc(-c2cccnc2)nc2ccc(-c3ccccc3OC(F)F)cc12. The molecule has 0 aliphatic rings. The molecule has 0 bridgehead atoms. The lowest BCUT2D eigenvalue weighted by atomic mass is 10.0. The number of pyridine rings is 1. The van der Waals surface area contributed by atoms with E-state index >= 15 is 0 Å². The van der Waals surface area contributed by atoms with Crippen LogP contribution in [0.2, 0.25) is 0 Å². The largest absolute Gasteiger partial charge is 0.434 e. The topological polar surface area (TPSA) is 59.9 Å². The Kier molecular flexibility index (Phi) is 4.80. The minimum absolute atomic E-state index is 0.121. The van der Waals surface area contributed by atoms with Gasteiger partial charge in [-0.25, -0.2) is 9.97 Å². The Morgan fingerprint density at radius 3 is 2.57 bits per heavy atom. The molecule has 0 spiro atoms. The maximum absolute atomic E-state index is 12.7. The van der Waals surface area contributed by atoms with Crippen molar-refractivity contribution in [1.29, 1.82) is 0 Å². The van der Waals surface area contributed by atoms with Crippen molar-refractivity contribution in [3.63, 3.8) is 0 Å². The highest BCUT2D eigenvalue weighted by Gasteiger charge is 2.14. The quantitative estimate of drug-likeness (QED) is 0.529. The van der Waals surface area contributed by atoms with Crippen LogP contribution < -0.4 is 10.1 Å². The number of benzene rings is 2. The van der Waals surface area contributed by atoms with E-state index in [1.165, 1.54) is 6.07 Å². The molecule has 0 saturated carbocycles. The van der Waals surface area contributed by atoms with Crippen LogP contribution in [0.5, 0.6) is 5.75 Å². The number of ether oxygens (including phenoxy) is 1. The monoisotopic (exact) mass is 378 g/mol. The van der Waals surface area contributed by atoms with Crippen LogP contribution in [0.15, 0.2) is 67.0 Å². The molecule has 2 aromatic heterocycles. The molecular formula is C21H16F2N4O. The van der Waals surface area contributed by atoms with Gasteiger partial charge in [-0.05, 0) is 35.9 Å². The summed E-state index contributed by atoms with van der Waals surface area (Å²) < 4.78 is 30.1. The Hall–Kier alpha value is -3.61. The summed E-state index contributed by atoms with van der Waals surface area (Å²) >= 11 is 0. The van der Waals surface area contributed by atoms with Gasteiger partial charge in [-0.15, -0.1) is 0 Å². The highest BCUT2D eigenvalue weighted by atomic mass is 19.3. The van der Waals surface area contributed by atoms with Crippen LogP contribution in [-0.4, -0.2) is 28.6 Å². The number of para-hydroxylation sites is 1. The van der Waals surface area contributed by atoms with E-state index in [1.807, 2.05) is 30.3 Å². The number of hydrogen-bond acceptors (Lipinski definition) is 5. The van der Waals surface area contributed by atoms with Gasteiger partial charge < -0.3 is 10.1 Å². The summed E-state index contributed by atoms with van der Waals surface area (Å²) in [4.78, 5) is 13.3. The average Bonchev–Trinajstić information content (AvgIpc) is 2.73. The highest BCUT2D eigenvalue weighted by Crippen LogP contribution is 2.34. The van der Waals surface area contributed by atoms with Gasteiger partial charge in [0.15, 0.2) is 5.82 Å². The fourth-order valence-corrected chi connectivity index (χ4v) is 3.01. The van der Waals surface area contributed by atoms with Gasteiger partial charge in [0.2, 0.25) is 0 Å². The van der Waals surface area contributed by atoms with E-state index in [0.29, 0.717) is 17.2 Å². The van der Waals surface area contributed by atoms with Crippen molar-refractivity contribution in [2.75, 3.05) is 12.4 Å². The molecule has 0 atom stereocenters.